The molecule has 6 nitrogen and oxygen atoms in total. The van der Waals surface area contributed by atoms with Gasteiger partial charge in [-0.15, -0.1) is 0 Å². The summed E-state index contributed by atoms with van der Waals surface area (Å²) in [5.41, 5.74) is 5.71. The minimum atomic E-state index is -0.727. The minimum absolute atomic E-state index is 0.131. The summed E-state index contributed by atoms with van der Waals surface area (Å²) in [6.07, 6.45) is 2.17. The molecule has 1 aliphatic rings. The second kappa shape index (κ2) is 11.9. The van der Waals surface area contributed by atoms with Crippen molar-refractivity contribution in [2.45, 2.75) is 27.2 Å². The number of hydrogen-bond acceptors (Lipinski definition) is 4. The first-order valence-corrected chi connectivity index (χ1v) is 14.1. The number of imide groups is 2. The Morgan fingerprint density at radius 3 is 1.80 bits per heavy atom. The first-order chi connectivity index (χ1) is 19.8. The van der Waals surface area contributed by atoms with E-state index < -0.39 is 17.8 Å². The van der Waals surface area contributed by atoms with Gasteiger partial charge in [-0.3, -0.25) is 9.59 Å². The monoisotopic (exact) mass is 608 g/mol. The predicted octanol–water partition coefficient (Wildman–Crippen LogP) is 7.64. The molecule has 0 spiro atoms. The van der Waals surface area contributed by atoms with Crippen LogP contribution in [0.5, 0.6) is 5.75 Å². The van der Waals surface area contributed by atoms with E-state index >= 15 is 0 Å². The van der Waals surface area contributed by atoms with E-state index in [2.05, 4.69) is 48.0 Å². The Balaban J connectivity index is 1.60. The Hall–Kier alpha value is -4.49. The third kappa shape index (κ3) is 5.86. The molecule has 0 atom stereocenters. The lowest BCUT2D eigenvalue weighted by atomic mass is 9.98. The van der Waals surface area contributed by atoms with Crippen LogP contribution in [0, 0.1) is 13.8 Å². The van der Waals surface area contributed by atoms with E-state index in [0.29, 0.717) is 35.7 Å². The molecule has 1 saturated heterocycles. The zero-order valence-corrected chi connectivity index (χ0v) is 24.6. The maximum absolute atomic E-state index is 13.7. The van der Waals surface area contributed by atoms with Crippen molar-refractivity contribution < 1.29 is 19.1 Å². The number of urea groups is 1. The number of hydrogen-bond donors (Lipinski definition) is 0. The van der Waals surface area contributed by atoms with Gasteiger partial charge in [-0.25, -0.2) is 14.6 Å². The van der Waals surface area contributed by atoms with E-state index in [9.17, 15) is 14.4 Å². The van der Waals surface area contributed by atoms with Crippen LogP contribution in [-0.4, -0.2) is 24.5 Å². The van der Waals surface area contributed by atoms with Gasteiger partial charge < -0.3 is 4.74 Å². The van der Waals surface area contributed by atoms with E-state index in [4.69, 9.17) is 4.74 Å². The van der Waals surface area contributed by atoms with Crippen LogP contribution in [0.1, 0.15) is 34.7 Å². The van der Waals surface area contributed by atoms with Crippen LogP contribution >= 0.6 is 15.9 Å². The molecule has 1 fully saturated rings. The number of anilines is 2. The van der Waals surface area contributed by atoms with Crippen molar-refractivity contribution in [3.63, 3.8) is 0 Å². The molecule has 0 N–H and O–H groups in total. The molecule has 0 bridgehead atoms. The van der Waals surface area contributed by atoms with Gasteiger partial charge in [0.1, 0.15) is 11.3 Å². The van der Waals surface area contributed by atoms with Crippen molar-refractivity contribution in [3.8, 4) is 5.75 Å². The number of halogens is 1. The highest BCUT2D eigenvalue weighted by Gasteiger charge is 2.43. The van der Waals surface area contributed by atoms with Gasteiger partial charge >= 0.3 is 6.03 Å². The molecule has 1 aliphatic heterocycles. The molecule has 7 heteroatoms. The lowest BCUT2D eigenvalue weighted by molar-refractivity contribution is -0.121. The molecule has 41 heavy (non-hydrogen) atoms. The Morgan fingerprint density at radius 1 is 0.756 bits per heavy atom. The molecular formula is C34H29BrN2O4. The largest absolute Gasteiger partial charge is 0.494 e. The number of rotatable bonds is 7. The fraction of sp³-hybridized carbons (Fsp3) is 0.147. The Kier molecular flexibility index (Phi) is 8.17. The standard InChI is InChI=1S/C34H29BrN2O4/c1-4-41-31-21-25(20-30(35)28(31)18-24-16-22(2)15-23(3)17-24)19-29-32(38)36(26-11-7-5-8-12-26)34(40)37(33(29)39)27-13-9-6-10-14-27/h5-17,19-21H,4,18H2,1-3H3. The second-order valence-corrected chi connectivity index (χ2v) is 10.7. The van der Waals surface area contributed by atoms with Gasteiger partial charge in [0, 0.05) is 16.5 Å². The quantitative estimate of drug-likeness (QED) is 0.160. The first-order valence-electron chi connectivity index (χ1n) is 13.3. The maximum Gasteiger partial charge on any atom is 0.343 e. The lowest BCUT2D eigenvalue weighted by Gasteiger charge is -2.34. The van der Waals surface area contributed by atoms with Gasteiger partial charge in [-0.1, -0.05) is 81.7 Å². The van der Waals surface area contributed by atoms with Crippen molar-refractivity contribution in [2.24, 2.45) is 0 Å². The Bertz CT molecular complexity index is 1580. The maximum atomic E-state index is 13.7. The fourth-order valence-electron chi connectivity index (χ4n) is 5.05. The lowest BCUT2D eigenvalue weighted by Crippen LogP contribution is -2.57. The molecule has 0 saturated carbocycles. The molecule has 0 radical (unpaired) electrons. The molecule has 206 valence electrons. The number of ether oxygens (including phenoxy) is 1. The highest BCUT2D eigenvalue weighted by molar-refractivity contribution is 9.10. The van der Waals surface area contributed by atoms with Crippen LogP contribution in [0.25, 0.3) is 6.08 Å². The van der Waals surface area contributed by atoms with Crippen molar-refractivity contribution in [3.05, 3.63) is 129 Å². The highest BCUT2D eigenvalue weighted by Crippen LogP contribution is 2.34. The highest BCUT2D eigenvalue weighted by atomic mass is 79.9. The zero-order chi connectivity index (χ0) is 29.1. The zero-order valence-electron chi connectivity index (χ0n) is 23.1. The van der Waals surface area contributed by atoms with E-state index in [1.54, 1.807) is 60.7 Å². The molecule has 5 rings (SSSR count). The Labute approximate surface area is 248 Å². The summed E-state index contributed by atoms with van der Waals surface area (Å²) in [6, 6.07) is 26.6. The summed E-state index contributed by atoms with van der Waals surface area (Å²) in [5, 5.41) is 0. The molecule has 4 amide bonds. The van der Waals surface area contributed by atoms with Crippen molar-refractivity contribution in [1.29, 1.82) is 0 Å². The third-order valence-electron chi connectivity index (χ3n) is 6.73. The van der Waals surface area contributed by atoms with Gasteiger partial charge in [0.25, 0.3) is 11.8 Å². The Morgan fingerprint density at radius 2 is 1.29 bits per heavy atom. The van der Waals surface area contributed by atoms with Gasteiger partial charge in [-0.05, 0) is 74.4 Å². The number of barbiturate groups is 1. The summed E-state index contributed by atoms with van der Waals surface area (Å²) >= 11 is 3.71. The molecule has 1 heterocycles. The minimum Gasteiger partial charge on any atom is -0.494 e. The van der Waals surface area contributed by atoms with Crippen molar-refractivity contribution in [1.82, 2.24) is 0 Å². The van der Waals surface area contributed by atoms with E-state index in [1.807, 2.05) is 19.1 Å². The van der Waals surface area contributed by atoms with Crippen molar-refractivity contribution >= 4 is 51.2 Å². The van der Waals surface area contributed by atoms with Gasteiger partial charge in [-0.2, -0.15) is 0 Å². The molecule has 0 aromatic heterocycles. The number of amides is 4. The smallest absolute Gasteiger partial charge is 0.343 e. The predicted molar refractivity (Wildman–Crippen MR) is 165 cm³/mol. The normalized spacial score (nSPS) is 13.6. The number of carbonyl (C=O) groups is 3. The SMILES string of the molecule is CCOc1cc(C=C2C(=O)N(c3ccccc3)C(=O)N(c3ccccc3)C2=O)cc(Br)c1Cc1cc(C)cc(C)c1. The topological polar surface area (TPSA) is 66.9 Å². The van der Waals surface area contributed by atoms with E-state index in [1.165, 1.54) is 17.2 Å². The number of nitrogens with zero attached hydrogens (tertiary/aromatic N) is 2. The first kappa shape index (κ1) is 28.1. The van der Waals surface area contributed by atoms with E-state index in [0.717, 1.165) is 25.4 Å². The van der Waals surface area contributed by atoms with Crippen LogP contribution in [0.2, 0.25) is 0 Å². The van der Waals surface area contributed by atoms with Crippen LogP contribution in [0.15, 0.2) is 101 Å². The summed E-state index contributed by atoms with van der Waals surface area (Å²) in [5.74, 6) is -0.724. The van der Waals surface area contributed by atoms with Crippen LogP contribution in [0.3, 0.4) is 0 Å². The third-order valence-corrected chi connectivity index (χ3v) is 7.44. The average Bonchev–Trinajstić information content (AvgIpc) is 2.94. The number of benzene rings is 4. The average molecular weight is 610 g/mol. The molecule has 4 aromatic rings. The molecule has 4 aromatic carbocycles. The van der Waals surface area contributed by atoms with E-state index in [-0.39, 0.29) is 5.57 Å². The van der Waals surface area contributed by atoms with Gasteiger partial charge in [0.15, 0.2) is 0 Å². The summed E-state index contributed by atoms with van der Waals surface area (Å²) in [6.45, 7) is 6.51. The molecular weight excluding hydrogens is 580 g/mol. The summed E-state index contributed by atoms with van der Waals surface area (Å²) in [7, 11) is 0. The second-order valence-electron chi connectivity index (χ2n) is 9.88. The van der Waals surface area contributed by atoms with Gasteiger partial charge in [0.05, 0.1) is 18.0 Å². The number of carbonyl (C=O) groups excluding carboxylic acids is 3. The van der Waals surface area contributed by atoms with Crippen LogP contribution in [0.4, 0.5) is 16.2 Å². The summed E-state index contributed by atoms with van der Waals surface area (Å²) in [4.78, 5) is 43.1. The molecule has 0 unspecified atom stereocenters. The van der Waals surface area contributed by atoms with Crippen LogP contribution < -0.4 is 14.5 Å². The number of aryl methyl sites for hydroxylation is 2. The van der Waals surface area contributed by atoms with Crippen molar-refractivity contribution in [2.75, 3.05) is 16.4 Å². The molecule has 0 aliphatic carbocycles. The van der Waals surface area contributed by atoms with Gasteiger partial charge in [0.2, 0.25) is 0 Å². The fourth-order valence-corrected chi connectivity index (χ4v) is 5.65. The number of para-hydroxylation sites is 2. The van der Waals surface area contributed by atoms with Crippen LogP contribution in [-0.2, 0) is 16.0 Å². The summed E-state index contributed by atoms with van der Waals surface area (Å²) < 4.78 is 6.82.